The van der Waals surface area contributed by atoms with Gasteiger partial charge in [-0.05, 0) is 68.3 Å². The van der Waals surface area contributed by atoms with E-state index >= 15 is 0 Å². The fourth-order valence-corrected chi connectivity index (χ4v) is 3.20. The maximum Gasteiger partial charge on any atom is 0.118 e. The highest BCUT2D eigenvalue weighted by Gasteiger charge is 2.12. The molecule has 1 fully saturated rings. The van der Waals surface area contributed by atoms with Gasteiger partial charge in [0.15, 0.2) is 0 Å². The highest BCUT2D eigenvalue weighted by molar-refractivity contribution is 7.99. The lowest BCUT2D eigenvalue weighted by molar-refractivity contribution is 0.367. The molecule has 17 heavy (non-hydrogen) atoms. The van der Waals surface area contributed by atoms with Crippen molar-refractivity contribution in [2.45, 2.75) is 24.2 Å². The van der Waals surface area contributed by atoms with Crippen LogP contribution in [0, 0.1) is 5.92 Å². The minimum Gasteiger partial charge on any atom is -0.497 e. The first-order chi connectivity index (χ1) is 8.38. The Bertz CT molecular complexity index is 319. The van der Waals surface area contributed by atoms with E-state index < -0.39 is 0 Å². The third kappa shape index (κ3) is 4.25. The zero-order valence-electron chi connectivity index (χ0n) is 10.4. The lowest BCUT2D eigenvalue weighted by atomic mass is 9.96. The number of hydrogen-bond donors (Lipinski definition) is 1. The Morgan fingerprint density at radius 1 is 1.24 bits per heavy atom. The summed E-state index contributed by atoms with van der Waals surface area (Å²) in [5, 5.41) is 3.41. The maximum absolute atomic E-state index is 5.15. The molecule has 0 atom stereocenters. The molecule has 1 heterocycles. The molecule has 0 aliphatic carbocycles. The molecule has 2 rings (SSSR count). The summed E-state index contributed by atoms with van der Waals surface area (Å²) in [5.41, 5.74) is 0. The first kappa shape index (κ1) is 12.8. The number of rotatable bonds is 5. The van der Waals surface area contributed by atoms with Gasteiger partial charge in [-0.15, -0.1) is 11.8 Å². The quantitative estimate of drug-likeness (QED) is 0.812. The first-order valence-corrected chi connectivity index (χ1v) is 7.34. The van der Waals surface area contributed by atoms with Crippen molar-refractivity contribution in [3.63, 3.8) is 0 Å². The van der Waals surface area contributed by atoms with E-state index in [1.165, 1.54) is 43.0 Å². The normalized spacial score (nSPS) is 17.0. The second-order valence-electron chi connectivity index (χ2n) is 4.51. The lowest BCUT2D eigenvalue weighted by Gasteiger charge is -2.22. The highest BCUT2D eigenvalue weighted by Crippen LogP contribution is 2.25. The van der Waals surface area contributed by atoms with Crippen LogP contribution in [0.25, 0.3) is 0 Å². The SMILES string of the molecule is COc1ccc(SCCC2CCNCC2)cc1. The second kappa shape index (κ2) is 6.92. The van der Waals surface area contributed by atoms with Gasteiger partial charge in [0.05, 0.1) is 7.11 Å². The Morgan fingerprint density at radius 2 is 1.94 bits per heavy atom. The van der Waals surface area contributed by atoms with Crippen molar-refractivity contribution >= 4 is 11.8 Å². The molecule has 3 heteroatoms. The Morgan fingerprint density at radius 3 is 2.59 bits per heavy atom. The van der Waals surface area contributed by atoms with E-state index in [1.807, 2.05) is 23.9 Å². The van der Waals surface area contributed by atoms with Gasteiger partial charge < -0.3 is 10.1 Å². The predicted octanol–water partition coefficient (Wildman–Crippen LogP) is 3.18. The van der Waals surface area contributed by atoms with Gasteiger partial charge in [0.25, 0.3) is 0 Å². The van der Waals surface area contributed by atoms with E-state index in [-0.39, 0.29) is 0 Å². The van der Waals surface area contributed by atoms with E-state index in [0.717, 1.165) is 11.7 Å². The van der Waals surface area contributed by atoms with Gasteiger partial charge in [-0.1, -0.05) is 0 Å². The molecule has 0 amide bonds. The number of benzene rings is 1. The van der Waals surface area contributed by atoms with Crippen LogP contribution in [0.3, 0.4) is 0 Å². The number of methoxy groups -OCH3 is 1. The molecule has 1 aromatic rings. The molecule has 1 aliphatic rings. The van der Waals surface area contributed by atoms with Crippen LogP contribution in [-0.2, 0) is 0 Å². The Labute approximate surface area is 108 Å². The van der Waals surface area contributed by atoms with Gasteiger partial charge >= 0.3 is 0 Å². The number of nitrogens with one attached hydrogen (secondary N) is 1. The molecular weight excluding hydrogens is 230 g/mol. The molecule has 1 saturated heterocycles. The zero-order valence-corrected chi connectivity index (χ0v) is 11.3. The van der Waals surface area contributed by atoms with Crippen molar-refractivity contribution in [1.29, 1.82) is 0 Å². The Kier molecular flexibility index (Phi) is 5.20. The fraction of sp³-hybridized carbons (Fsp3) is 0.571. The summed E-state index contributed by atoms with van der Waals surface area (Å²) in [5.74, 6) is 3.10. The van der Waals surface area contributed by atoms with Crippen molar-refractivity contribution in [3.05, 3.63) is 24.3 Å². The third-order valence-electron chi connectivity index (χ3n) is 3.31. The lowest BCUT2D eigenvalue weighted by Crippen LogP contribution is -2.27. The van der Waals surface area contributed by atoms with Gasteiger partial charge in [-0.2, -0.15) is 0 Å². The summed E-state index contributed by atoms with van der Waals surface area (Å²) in [7, 11) is 1.71. The van der Waals surface area contributed by atoms with Crippen LogP contribution in [0.4, 0.5) is 0 Å². The van der Waals surface area contributed by atoms with Crippen molar-refractivity contribution in [2.75, 3.05) is 26.0 Å². The van der Waals surface area contributed by atoms with Gasteiger partial charge in [0.2, 0.25) is 0 Å². The Hall–Kier alpha value is -0.670. The van der Waals surface area contributed by atoms with Gasteiger partial charge in [0.1, 0.15) is 5.75 Å². The largest absolute Gasteiger partial charge is 0.497 e. The molecule has 1 aromatic carbocycles. The molecule has 1 N–H and O–H groups in total. The molecule has 2 nitrogen and oxygen atoms in total. The summed E-state index contributed by atoms with van der Waals surface area (Å²) < 4.78 is 5.15. The van der Waals surface area contributed by atoms with Gasteiger partial charge in [-0.25, -0.2) is 0 Å². The number of hydrogen-bond acceptors (Lipinski definition) is 3. The van der Waals surface area contributed by atoms with E-state index in [2.05, 4.69) is 17.4 Å². The van der Waals surface area contributed by atoms with Crippen molar-refractivity contribution < 1.29 is 4.74 Å². The number of thioether (sulfide) groups is 1. The van der Waals surface area contributed by atoms with Crippen LogP contribution in [0.2, 0.25) is 0 Å². The summed E-state index contributed by atoms with van der Waals surface area (Å²) >= 11 is 1.96. The molecule has 0 aromatic heterocycles. The topological polar surface area (TPSA) is 21.3 Å². The molecular formula is C14H21NOS. The molecule has 0 unspecified atom stereocenters. The van der Waals surface area contributed by atoms with Gasteiger partial charge in [0, 0.05) is 4.90 Å². The summed E-state index contributed by atoms with van der Waals surface area (Å²) in [6.45, 7) is 2.41. The molecule has 0 saturated carbocycles. The standard InChI is InChI=1S/C14H21NOS/c1-16-13-2-4-14(5-3-13)17-11-8-12-6-9-15-10-7-12/h2-5,12,15H,6-11H2,1H3. The van der Waals surface area contributed by atoms with Crippen LogP contribution in [0.1, 0.15) is 19.3 Å². The van der Waals surface area contributed by atoms with Crippen LogP contribution >= 0.6 is 11.8 Å². The number of piperidine rings is 1. The minimum absolute atomic E-state index is 0.932. The van der Waals surface area contributed by atoms with Crippen LogP contribution in [-0.4, -0.2) is 26.0 Å². The predicted molar refractivity (Wildman–Crippen MR) is 73.9 cm³/mol. The first-order valence-electron chi connectivity index (χ1n) is 6.36. The Balaban J connectivity index is 1.69. The minimum atomic E-state index is 0.932. The zero-order chi connectivity index (χ0) is 11.9. The summed E-state index contributed by atoms with van der Waals surface area (Å²) in [6, 6.07) is 8.36. The average Bonchev–Trinajstić information content (AvgIpc) is 2.41. The summed E-state index contributed by atoms with van der Waals surface area (Å²) in [6.07, 6.45) is 4.05. The van der Waals surface area contributed by atoms with Crippen LogP contribution < -0.4 is 10.1 Å². The molecule has 0 spiro atoms. The molecule has 1 aliphatic heterocycles. The van der Waals surface area contributed by atoms with E-state index in [4.69, 9.17) is 4.74 Å². The second-order valence-corrected chi connectivity index (χ2v) is 5.67. The van der Waals surface area contributed by atoms with Crippen LogP contribution in [0.5, 0.6) is 5.75 Å². The van der Waals surface area contributed by atoms with Gasteiger partial charge in [-0.3, -0.25) is 0 Å². The van der Waals surface area contributed by atoms with Crippen molar-refractivity contribution in [1.82, 2.24) is 5.32 Å². The van der Waals surface area contributed by atoms with Crippen LogP contribution in [0.15, 0.2) is 29.2 Å². The smallest absolute Gasteiger partial charge is 0.118 e. The average molecular weight is 251 g/mol. The highest BCUT2D eigenvalue weighted by atomic mass is 32.2. The summed E-state index contributed by atoms with van der Waals surface area (Å²) in [4.78, 5) is 1.35. The molecule has 94 valence electrons. The third-order valence-corrected chi connectivity index (χ3v) is 4.36. The van der Waals surface area contributed by atoms with E-state index in [1.54, 1.807) is 7.11 Å². The number of ether oxygens (including phenoxy) is 1. The fourth-order valence-electron chi connectivity index (χ4n) is 2.19. The maximum atomic E-state index is 5.15. The van der Waals surface area contributed by atoms with E-state index in [9.17, 15) is 0 Å². The van der Waals surface area contributed by atoms with Crippen molar-refractivity contribution in [2.24, 2.45) is 5.92 Å². The van der Waals surface area contributed by atoms with Crippen molar-refractivity contribution in [3.8, 4) is 5.75 Å². The molecule has 0 bridgehead atoms. The molecule has 0 radical (unpaired) electrons. The monoisotopic (exact) mass is 251 g/mol. The van der Waals surface area contributed by atoms with E-state index in [0.29, 0.717) is 0 Å².